The molecule has 0 radical (unpaired) electrons. The summed E-state index contributed by atoms with van der Waals surface area (Å²) in [6.07, 6.45) is 26.2. The minimum absolute atomic E-state index is 0.00297. The Morgan fingerprint density at radius 3 is 0.830 bits per heavy atom. The number of unbranched alkanes of at least 4 members (excludes halogenated alkanes) is 8. The minimum atomic E-state index is -1.52. The summed E-state index contributed by atoms with van der Waals surface area (Å²) in [6, 6.07) is 0. The van der Waals surface area contributed by atoms with Gasteiger partial charge in [0.1, 0.15) is 36.4 Å². The molecule has 3 aliphatic heterocycles. The van der Waals surface area contributed by atoms with Crippen molar-refractivity contribution in [1.29, 1.82) is 0 Å². The lowest BCUT2D eigenvalue weighted by Gasteiger charge is -2.29. The highest BCUT2D eigenvalue weighted by Crippen LogP contribution is 2.30. The standard InChI is InChI=1S/C35H58O11.C35H58O10.C35H58O9/c1-4-5-11-16-31(42)34-33(44)22-29(40)20-27(38)18-25(36)17-26(37)19-28(39)21-32(43)23(2)14-12-9-7-6-8-10-13-15-30(41)24(3)46-35(34)45;1-4-5-6-13-16-31-34(43)23-30(40)21-28(38)19-26(36)18-27(37)20-29(39)22-33(42)24(2)15-12-10-8-7-9-11-14-17-32(41)25(3)45-35(31)44;1-4-5-6-15-18-32-34(42)24-31(40)22-29(38)20-27(36)19-28(37)21-30(39)23-33(41)25(2)16-13-11-9-7-8-10-12-14-17-26(3)44-35(32)43/h6-10,12-15,24-34,36-44H,4-5,11,16-22H2,1-3H3;7-12,14-15,17,25-34,36-43H,4-6,13,16,18-23H2,1-3H3;7-14,16,26-34,36-42H,4-6,15,17-24H2,1-3H3/b7-6-,10-8-,12-9-,15-13-,23-14-;8-7-,11-9-,12-10-,17-14-,24-15-;9-7-,10-8-,13-11-,14-12-,25-16-/t24-,25+,26-,27+,28-,29+,30+,31-,32+,33+,34-;25-,26+,27-,28+,29-,30+,31-,32+,33+,34+;26-,27+,28-,29+,30-,31+,32-,33+,34+/m111/s1. The molecule has 30 heteroatoms. The molecule has 0 saturated heterocycles. The van der Waals surface area contributed by atoms with E-state index in [2.05, 4.69) is 13.8 Å². The lowest BCUT2D eigenvalue weighted by Crippen LogP contribution is -2.43. The molecule has 3 rings (SSSR count). The van der Waals surface area contributed by atoms with Gasteiger partial charge in [0.2, 0.25) is 0 Å². The van der Waals surface area contributed by atoms with Gasteiger partial charge in [0.15, 0.2) is 0 Å². The molecule has 3 heterocycles. The molecule has 30 nitrogen and oxygen atoms in total. The Kier molecular flexibility index (Phi) is 70.7. The van der Waals surface area contributed by atoms with E-state index < -0.39 is 200 Å². The largest absolute Gasteiger partial charge is 0.462 e. The van der Waals surface area contributed by atoms with Gasteiger partial charge < -0.3 is 137 Å². The zero-order valence-electron chi connectivity index (χ0n) is 81.4. The molecular formula is C105H174O30. The highest BCUT2D eigenvalue weighted by molar-refractivity contribution is 5.74. The summed E-state index contributed by atoms with van der Waals surface area (Å²) in [7, 11) is 0. The first-order valence-corrected chi connectivity index (χ1v) is 49.0. The molecule has 0 unspecified atom stereocenters. The second-order valence-corrected chi connectivity index (χ2v) is 36.9. The van der Waals surface area contributed by atoms with E-state index in [4.69, 9.17) is 14.2 Å². The van der Waals surface area contributed by atoms with Gasteiger partial charge in [-0.05, 0) is 155 Å². The van der Waals surface area contributed by atoms with Gasteiger partial charge >= 0.3 is 17.9 Å². The van der Waals surface area contributed by atoms with E-state index in [0.29, 0.717) is 48.8 Å². The fraction of sp³-hybridized carbons (Fsp3) is 0.686. The lowest BCUT2D eigenvalue weighted by molar-refractivity contribution is -0.168. The van der Waals surface area contributed by atoms with Crippen LogP contribution in [-0.4, -0.2) is 305 Å². The lowest BCUT2D eigenvalue weighted by atomic mass is 9.87. The van der Waals surface area contributed by atoms with Crippen molar-refractivity contribution in [3.8, 4) is 0 Å². The quantitative estimate of drug-likeness (QED) is 0.0413. The van der Waals surface area contributed by atoms with Crippen molar-refractivity contribution in [2.75, 3.05) is 0 Å². The number of aliphatic hydroxyl groups is 24. The highest BCUT2D eigenvalue weighted by Gasteiger charge is 2.39. The molecule has 0 amide bonds. The van der Waals surface area contributed by atoms with Crippen LogP contribution in [-0.2, 0) is 28.6 Å². The first-order chi connectivity index (χ1) is 64.0. The highest BCUT2D eigenvalue weighted by atomic mass is 16.6. The molecule has 0 saturated carbocycles. The molecule has 3 aliphatic rings. The number of carbonyl (C=O) groups excluding carboxylic acids is 3. The van der Waals surface area contributed by atoms with Crippen molar-refractivity contribution in [1.82, 2.24) is 0 Å². The summed E-state index contributed by atoms with van der Waals surface area (Å²) in [5, 5.41) is 252. The van der Waals surface area contributed by atoms with Crippen molar-refractivity contribution in [3.63, 3.8) is 0 Å². The number of esters is 3. The number of carbonyl (C=O) groups is 3. The minimum Gasteiger partial charge on any atom is -0.462 e. The van der Waals surface area contributed by atoms with Gasteiger partial charge in [0, 0.05) is 44.9 Å². The molecule has 24 N–H and O–H groups in total. The van der Waals surface area contributed by atoms with Crippen molar-refractivity contribution in [3.05, 3.63) is 181 Å². The maximum Gasteiger partial charge on any atom is 0.314 e. The molecule has 0 bridgehead atoms. The predicted molar refractivity (Wildman–Crippen MR) is 522 cm³/mol. The number of allylic oxidation sites excluding steroid dienone is 24. The Labute approximate surface area is 802 Å². The van der Waals surface area contributed by atoms with Crippen LogP contribution in [0.1, 0.15) is 274 Å². The molecule has 0 aromatic carbocycles. The predicted octanol–water partition coefficient (Wildman–Crippen LogP) is 8.75. The summed E-state index contributed by atoms with van der Waals surface area (Å²) >= 11 is 0. The number of cyclic esters (lactones) is 3. The van der Waals surface area contributed by atoms with Crippen LogP contribution in [0.5, 0.6) is 0 Å². The summed E-state index contributed by atoms with van der Waals surface area (Å²) < 4.78 is 16.6. The molecule has 774 valence electrons. The topological polar surface area (TPSA) is 564 Å². The van der Waals surface area contributed by atoms with Crippen molar-refractivity contribution in [2.45, 2.75) is 439 Å². The van der Waals surface area contributed by atoms with Crippen LogP contribution >= 0.6 is 0 Å². The number of aliphatic hydroxyl groups excluding tert-OH is 24. The normalized spacial score (nSPS) is 38.2. The van der Waals surface area contributed by atoms with E-state index in [-0.39, 0.29) is 122 Å². The maximum absolute atomic E-state index is 13.1. The molecule has 0 aliphatic carbocycles. The van der Waals surface area contributed by atoms with Crippen LogP contribution in [0.2, 0.25) is 0 Å². The zero-order chi connectivity index (χ0) is 101. The Balaban J connectivity index is 0.00000101. The van der Waals surface area contributed by atoms with Gasteiger partial charge in [0.25, 0.3) is 0 Å². The molecule has 135 heavy (non-hydrogen) atoms. The third-order valence-corrected chi connectivity index (χ3v) is 23.8. The van der Waals surface area contributed by atoms with Crippen molar-refractivity contribution >= 4 is 17.9 Å². The molecule has 0 spiro atoms. The maximum atomic E-state index is 13.1. The Morgan fingerprint density at radius 1 is 0.281 bits per heavy atom. The number of rotatable bonds is 15. The summed E-state index contributed by atoms with van der Waals surface area (Å²) in [5.74, 6) is -5.25. The van der Waals surface area contributed by atoms with Crippen LogP contribution in [0, 0.1) is 17.8 Å². The van der Waals surface area contributed by atoms with Crippen LogP contribution in [0.25, 0.3) is 0 Å². The average Bonchev–Trinajstić information content (AvgIpc) is 0.850. The molecule has 30 atom stereocenters. The van der Waals surface area contributed by atoms with Crippen molar-refractivity contribution < 1.29 is 151 Å². The molecular weight excluding hydrogens is 1740 g/mol. The average molecular weight is 1920 g/mol. The Hall–Kier alpha value is -6.45. The van der Waals surface area contributed by atoms with Gasteiger partial charge in [-0.1, -0.05) is 255 Å². The first-order valence-electron chi connectivity index (χ1n) is 49.0. The summed E-state index contributed by atoms with van der Waals surface area (Å²) in [6.45, 7) is 16.1. The van der Waals surface area contributed by atoms with E-state index >= 15 is 0 Å². The third-order valence-electron chi connectivity index (χ3n) is 23.8. The fourth-order valence-corrected chi connectivity index (χ4v) is 15.7. The second kappa shape index (κ2) is 75.4. The Morgan fingerprint density at radius 2 is 0.526 bits per heavy atom. The van der Waals surface area contributed by atoms with Crippen LogP contribution < -0.4 is 0 Å². The van der Waals surface area contributed by atoms with Gasteiger partial charge in [0.05, 0.1) is 146 Å². The van der Waals surface area contributed by atoms with Crippen LogP contribution in [0.4, 0.5) is 0 Å². The second-order valence-electron chi connectivity index (χ2n) is 36.9. The van der Waals surface area contributed by atoms with Gasteiger partial charge in [-0.3, -0.25) is 14.4 Å². The molecule has 0 fully saturated rings. The van der Waals surface area contributed by atoms with E-state index in [9.17, 15) is 137 Å². The summed E-state index contributed by atoms with van der Waals surface area (Å²) in [4.78, 5) is 39.3. The summed E-state index contributed by atoms with van der Waals surface area (Å²) in [5.41, 5.74) is 1.88. The zero-order valence-corrected chi connectivity index (χ0v) is 81.4. The Bertz CT molecular complexity index is 3600. The van der Waals surface area contributed by atoms with Crippen molar-refractivity contribution in [2.24, 2.45) is 17.8 Å². The van der Waals surface area contributed by atoms with E-state index in [1.807, 2.05) is 49.5 Å². The monoisotopic (exact) mass is 1920 g/mol. The number of ether oxygens (including phenoxy) is 3. The number of hydrogen-bond donors (Lipinski definition) is 24. The van der Waals surface area contributed by atoms with Gasteiger partial charge in [-0.2, -0.15) is 0 Å². The van der Waals surface area contributed by atoms with Gasteiger partial charge in [-0.25, -0.2) is 0 Å². The van der Waals surface area contributed by atoms with Crippen LogP contribution in [0.3, 0.4) is 0 Å². The first kappa shape index (κ1) is 127. The van der Waals surface area contributed by atoms with Crippen LogP contribution in [0.15, 0.2) is 181 Å². The molecule has 0 aromatic heterocycles. The molecule has 0 aromatic rings. The fourth-order valence-electron chi connectivity index (χ4n) is 15.7. The third kappa shape index (κ3) is 62.4. The smallest absolute Gasteiger partial charge is 0.314 e. The van der Waals surface area contributed by atoms with E-state index in [1.165, 1.54) is 19.1 Å². The SMILES string of the molecule is CCCCCC[C@H]1C(=O)O[C@H](C)C\C=C/C=C\C=C/C=C\C=C(\C)[C@@H](O)C[C@H](O)C[C@H](O)C[C@H](O)C[C@H](O)C[C@H](O)C[C@@H]1O.CCCCCC[C@H]1C(=O)O[C@H](C)[C@@H](O)\C=C/C=C\C=C/C=C\C=C(\C)[C@@H](O)C[C@H](O)C[C@H](O)C[C@H](O)C[C@H](O)C[C@H](O)C[C@@H]1O.CCCCC[C@@H](O)[C@H]1C(=O)O[C@H](C)[C@@H](O)\C=C/C=C\C=C/C=C\C=C(\C)[C@@H](O)C[C@H](O)C[C@H](O)C[C@H](O)C[C@H](O)C[C@H](O)C[C@@H]1O. The van der Waals surface area contributed by atoms with Gasteiger partial charge in [-0.15, -0.1) is 0 Å². The van der Waals surface area contributed by atoms with E-state index in [1.54, 1.807) is 144 Å². The number of hydrogen-bond acceptors (Lipinski definition) is 30. The van der Waals surface area contributed by atoms with E-state index in [0.717, 1.165) is 57.8 Å².